The third kappa shape index (κ3) is 3.25. The maximum atomic E-state index is 12.5. The number of para-hydroxylation sites is 1. The summed E-state index contributed by atoms with van der Waals surface area (Å²) in [5.74, 6) is -0.157. The van der Waals surface area contributed by atoms with Gasteiger partial charge in [-0.25, -0.2) is 4.98 Å². The minimum atomic E-state index is -0.157. The van der Waals surface area contributed by atoms with E-state index >= 15 is 0 Å². The molecule has 22 heavy (non-hydrogen) atoms. The molecule has 0 spiro atoms. The van der Waals surface area contributed by atoms with Gasteiger partial charge < -0.3 is 5.32 Å². The Bertz CT molecular complexity index is 844. The van der Waals surface area contributed by atoms with Gasteiger partial charge in [-0.15, -0.1) is 22.7 Å². The number of benzene rings is 1. The number of hydrogen-bond donors (Lipinski definition) is 1. The molecule has 0 saturated heterocycles. The maximum absolute atomic E-state index is 12.5. The average Bonchev–Trinajstić information content (AvgIpc) is 3.07. The van der Waals surface area contributed by atoms with Crippen LogP contribution in [-0.4, -0.2) is 10.9 Å². The summed E-state index contributed by atoms with van der Waals surface area (Å²) < 4.78 is 1.55. The van der Waals surface area contributed by atoms with Crippen molar-refractivity contribution in [1.82, 2.24) is 4.98 Å². The summed E-state index contributed by atoms with van der Waals surface area (Å²) in [6, 6.07) is 11.3. The SMILES string of the molecule is Cc1nc(-c2ccc(Cl)s2)sc1C(=O)Nc1ccccc1Br. The second-order valence-corrected chi connectivity index (χ2v) is 8.04. The van der Waals surface area contributed by atoms with E-state index in [1.807, 2.05) is 43.3 Å². The standard InChI is InChI=1S/C15H10BrClN2OS2/c1-8-13(14(20)19-10-5-3-2-4-9(10)16)22-15(18-8)11-6-7-12(17)21-11/h2-7H,1H3,(H,19,20). The van der Waals surface area contributed by atoms with Crippen LogP contribution in [0.3, 0.4) is 0 Å². The van der Waals surface area contributed by atoms with Gasteiger partial charge in [-0.3, -0.25) is 4.79 Å². The molecule has 1 amide bonds. The fourth-order valence-electron chi connectivity index (χ4n) is 1.88. The predicted octanol–water partition coefficient (Wildman–Crippen LogP) is 5.85. The molecule has 3 nitrogen and oxygen atoms in total. The molecule has 2 heterocycles. The highest BCUT2D eigenvalue weighted by atomic mass is 79.9. The van der Waals surface area contributed by atoms with Crippen LogP contribution in [0.25, 0.3) is 9.88 Å². The fraction of sp³-hybridized carbons (Fsp3) is 0.0667. The number of aryl methyl sites for hydroxylation is 1. The normalized spacial score (nSPS) is 10.7. The molecule has 0 aliphatic rings. The molecule has 7 heteroatoms. The van der Waals surface area contributed by atoms with Crippen molar-refractivity contribution in [3.63, 3.8) is 0 Å². The zero-order valence-electron chi connectivity index (χ0n) is 11.4. The van der Waals surface area contributed by atoms with Crippen molar-refractivity contribution < 1.29 is 4.79 Å². The quantitative estimate of drug-likeness (QED) is 0.585. The van der Waals surface area contributed by atoms with E-state index in [4.69, 9.17) is 11.6 Å². The van der Waals surface area contributed by atoms with Crippen molar-refractivity contribution in [3.8, 4) is 9.88 Å². The van der Waals surface area contributed by atoms with Gasteiger partial charge in [0.25, 0.3) is 5.91 Å². The summed E-state index contributed by atoms with van der Waals surface area (Å²) in [5, 5.41) is 3.71. The molecule has 3 rings (SSSR count). The summed E-state index contributed by atoms with van der Waals surface area (Å²) in [5.41, 5.74) is 1.45. The molecule has 2 aromatic heterocycles. The van der Waals surface area contributed by atoms with E-state index in [9.17, 15) is 4.79 Å². The van der Waals surface area contributed by atoms with Crippen LogP contribution < -0.4 is 5.32 Å². The highest BCUT2D eigenvalue weighted by Crippen LogP contribution is 2.35. The third-order valence-corrected chi connectivity index (χ3v) is 6.16. The Morgan fingerprint density at radius 3 is 2.68 bits per heavy atom. The van der Waals surface area contributed by atoms with E-state index < -0.39 is 0 Å². The number of carbonyl (C=O) groups excluding carboxylic acids is 1. The Kier molecular flexibility index (Phi) is 4.63. The number of nitrogens with one attached hydrogen (secondary N) is 1. The average molecular weight is 414 g/mol. The minimum absolute atomic E-state index is 0.157. The van der Waals surface area contributed by atoms with Gasteiger partial charge >= 0.3 is 0 Å². The van der Waals surface area contributed by atoms with Crippen molar-refractivity contribution in [2.24, 2.45) is 0 Å². The number of anilines is 1. The van der Waals surface area contributed by atoms with E-state index in [0.717, 1.165) is 20.0 Å². The van der Waals surface area contributed by atoms with Gasteiger partial charge in [-0.2, -0.15) is 0 Å². The van der Waals surface area contributed by atoms with Gasteiger partial charge in [-0.05, 0) is 47.1 Å². The maximum Gasteiger partial charge on any atom is 0.267 e. The summed E-state index contributed by atoms with van der Waals surface area (Å²) >= 11 is 12.2. The number of thiazole rings is 1. The van der Waals surface area contributed by atoms with Gasteiger partial charge in [0.05, 0.1) is 20.6 Å². The monoisotopic (exact) mass is 412 g/mol. The number of hydrogen-bond acceptors (Lipinski definition) is 4. The summed E-state index contributed by atoms with van der Waals surface area (Å²) in [6.07, 6.45) is 0. The molecular weight excluding hydrogens is 404 g/mol. The molecule has 0 aliphatic carbocycles. The zero-order valence-corrected chi connectivity index (χ0v) is 15.4. The largest absolute Gasteiger partial charge is 0.320 e. The molecule has 0 atom stereocenters. The van der Waals surface area contributed by atoms with Crippen LogP contribution in [0, 0.1) is 6.92 Å². The molecular formula is C15H10BrClN2OS2. The molecule has 112 valence electrons. The van der Waals surface area contributed by atoms with Gasteiger partial charge in [0.1, 0.15) is 9.88 Å². The first-order chi connectivity index (χ1) is 10.5. The number of halogens is 2. The van der Waals surface area contributed by atoms with Gasteiger partial charge in [0.15, 0.2) is 0 Å². The van der Waals surface area contributed by atoms with Crippen LogP contribution in [0.5, 0.6) is 0 Å². The molecule has 3 aromatic rings. The molecule has 1 N–H and O–H groups in total. The van der Waals surface area contributed by atoms with Gasteiger partial charge in [0, 0.05) is 4.47 Å². The molecule has 0 fully saturated rings. The van der Waals surface area contributed by atoms with Crippen molar-refractivity contribution in [2.45, 2.75) is 6.92 Å². The first-order valence-electron chi connectivity index (χ1n) is 6.33. The minimum Gasteiger partial charge on any atom is -0.320 e. The Hall–Kier alpha value is -1.21. The van der Waals surface area contributed by atoms with Crippen LogP contribution in [0.4, 0.5) is 5.69 Å². The highest BCUT2D eigenvalue weighted by molar-refractivity contribution is 9.10. The smallest absolute Gasteiger partial charge is 0.267 e. The molecule has 0 aliphatic heterocycles. The molecule has 0 saturated carbocycles. The number of nitrogens with zero attached hydrogens (tertiary/aromatic N) is 1. The third-order valence-electron chi connectivity index (χ3n) is 2.91. The lowest BCUT2D eigenvalue weighted by atomic mass is 10.3. The number of amides is 1. The summed E-state index contributed by atoms with van der Waals surface area (Å²) in [4.78, 5) is 18.5. The van der Waals surface area contributed by atoms with Crippen LogP contribution >= 0.6 is 50.2 Å². The Labute approximate surface area is 149 Å². The van der Waals surface area contributed by atoms with E-state index in [1.165, 1.54) is 22.7 Å². The first-order valence-corrected chi connectivity index (χ1v) is 9.14. The highest BCUT2D eigenvalue weighted by Gasteiger charge is 2.17. The second kappa shape index (κ2) is 6.50. The number of thiophene rings is 1. The van der Waals surface area contributed by atoms with Crippen molar-refractivity contribution >= 4 is 61.8 Å². The van der Waals surface area contributed by atoms with Crippen molar-refractivity contribution in [2.75, 3.05) is 5.32 Å². The van der Waals surface area contributed by atoms with Crippen LogP contribution in [0.1, 0.15) is 15.4 Å². The Balaban J connectivity index is 1.87. The van der Waals surface area contributed by atoms with Gasteiger partial charge in [0.2, 0.25) is 0 Å². The Morgan fingerprint density at radius 1 is 1.23 bits per heavy atom. The fourth-order valence-corrected chi connectivity index (χ4v) is 4.33. The molecule has 0 bridgehead atoms. The van der Waals surface area contributed by atoms with Crippen LogP contribution in [-0.2, 0) is 0 Å². The zero-order chi connectivity index (χ0) is 15.7. The lowest BCUT2D eigenvalue weighted by Gasteiger charge is -2.05. The predicted molar refractivity (Wildman–Crippen MR) is 97.3 cm³/mol. The first kappa shape index (κ1) is 15.7. The van der Waals surface area contributed by atoms with E-state index in [-0.39, 0.29) is 5.91 Å². The lowest BCUT2D eigenvalue weighted by molar-refractivity contribution is 0.102. The lowest BCUT2D eigenvalue weighted by Crippen LogP contribution is -2.11. The number of rotatable bonds is 3. The summed E-state index contributed by atoms with van der Waals surface area (Å²) in [6.45, 7) is 1.84. The topological polar surface area (TPSA) is 42.0 Å². The molecule has 0 radical (unpaired) electrons. The van der Waals surface area contributed by atoms with E-state index in [2.05, 4.69) is 26.2 Å². The van der Waals surface area contributed by atoms with E-state index in [0.29, 0.717) is 14.9 Å². The molecule has 0 unspecified atom stereocenters. The van der Waals surface area contributed by atoms with Crippen molar-refractivity contribution in [3.05, 3.63) is 55.8 Å². The number of aromatic nitrogens is 1. The van der Waals surface area contributed by atoms with Crippen molar-refractivity contribution in [1.29, 1.82) is 0 Å². The molecule has 1 aromatic carbocycles. The van der Waals surface area contributed by atoms with Gasteiger partial charge in [-0.1, -0.05) is 23.7 Å². The van der Waals surface area contributed by atoms with Crippen LogP contribution in [0.2, 0.25) is 4.34 Å². The second-order valence-electron chi connectivity index (χ2n) is 4.47. The van der Waals surface area contributed by atoms with E-state index in [1.54, 1.807) is 0 Å². The summed E-state index contributed by atoms with van der Waals surface area (Å²) in [7, 11) is 0. The Morgan fingerprint density at radius 2 is 2.00 bits per heavy atom. The van der Waals surface area contributed by atoms with Crippen LogP contribution in [0.15, 0.2) is 40.9 Å². The number of carbonyl (C=O) groups is 1.